The number of anilines is 1. The SMILES string of the molecule is CC1CCN(c2ncccc2Br)C(C)C1. The topological polar surface area (TPSA) is 16.1 Å². The molecule has 0 spiro atoms. The fourth-order valence-electron chi connectivity index (χ4n) is 2.31. The van der Waals surface area contributed by atoms with Gasteiger partial charge in [-0.3, -0.25) is 0 Å². The average molecular weight is 269 g/mol. The van der Waals surface area contributed by atoms with E-state index in [9.17, 15) is 0 Å². The van der Waals surface area contributed by atoms with Crippen molar-refractivity contribution in [2.45, 2.75) is 32.7 Å². The van der Waals surface area contributed by atoms with Crippen molar-refractivity contribution in [3.63, 3.8) is 0 Å². The number of rotatable bonds is 1. The number of pyridine rings is 1. The van der Waals surface area contributed by atoms with Gasteiger partial charge in [0.1, 0.15) is 5.82 Å². The van der Waals surface area contributed by atoms with Gasteiger partial charge in [-0.15, -0.1) is 0 Å². The summed E-state index contributed by atoms with van der Waals surface area (Å²) in [5.41, 5.74) is 0. The van der Waals surface area contributed by atoms with Crippen LogP contribution in [-0.4, -0.2) is 17.6 Å². The maximum atomic E-state index is 4.46. The van der Waals surface area contributed by atoms with Crippen molar-refractivity contribution in [3.05, 3.63) is 22.8 Å². The van der Waals surface area contributed by atoms with Crippen molar-refractivity contribution in [2.24, 2.45) is 5.92 Å². The van der Waals surface area contributed by atoms with Gasteiger partial charge >= 0.3 is 0 Å². The summed E-state index contributed by atoms with van der Waals surface area (Å²) in [6.45, 7) is 5.75. The third-order valence-corrected chi connectivity index (χ3v) is 3.77. The first-order valence-electron chi connectivity index (χ1n) is 5.55. The third-order valence-electron chi connectivity index (χ3n) is 3.15. The lowest BCUT2D eigenvalue weighted by atomic mass is 9.93. The van der Waals surface area contributed by atoms with Crippen LogP contribution in [-0.2, 0) is 0 Å². The summed E-state index contributed by atoms with van der Waals surface area (Å²) in [4.78, 5) is 6.86. The Labute approximate surface area is 99.8 Å². The van der Waals surface area contributed by atoms with Crippen LogP contribution < -0.4 is 4.90 Å². The van der Waals surface area contributed by atoms with Crippen LogP contribution in [0.1, 0.15) is 26.7 Å². The second-order valence-electron chi connectivity index (χ2n) is 4.48. The molecule has 2 atom stereocenters. The molecule has 1 aliphatic rings. The van der Waals surface area contributed by atoms with Crippen molar-refractivity contribution in [3.8, 4) is 0 Å². The molecule has 2 unspecified atom stereocenters. The summed E-state index contributed by atoms with van der Waals surface area (Å²) in [6.07, 6.45) is 4.40. The number of hydrogen-bond donors (Lipinski definition) is 0. The minimum Gasteiger partial charge on any atom is -0.353 e. The monoisotopic (exact) mass is 268 g/mol. The van der Waals surface area contributed by atoms with Gasteiger partial charge in [-0.2, -0.15) is 0 Å². The highest BCUT2D eigenvalue weighted by atomic mass is 79.9. The fraction of sp³-hybridized carbons (Fsp3) is 0.583. The number of halogens is 1. The van der Waals surface area contributed by atoms with E-state index in [0.29, 0.717) is 6.04 Å². The third kappa shape index (κ3) is 2.33. The molecule has 1 aromatic heterocycles. The molecular formula is C12H17BrN2. The van der Waals surface area contributed by atoms with Crippen LogP contribution in [0.4, 0.5) is 5.82 Å². The van der Waals surface area contributed by atoms with Crippen LogP contribution in [0.25, 0.3) is 0 Å². The number of nitrogens with zero attached hydrogens (tertiary/aromatic N) is 2. The summed E-state index contributed by atoms with van der Waals surface area (Å²) >= 11 is 3.57. The zero-order valence-electron chi connectivity index (χ0n) is 9.28. The average Bonchev–Trinajstić information content (AvgIpc) is 2.20. The van der Waals surface area contributed by atoms with Gasteiger partial charge in [0.05, 0.1) is 4.47 Å². The highest BCUT2D eigenvalue weighted by Gasteiger charge is 2.24. The predicted octanol–water partition coefficient (Wildman–Crippen LogP) is 3.47. The zero-order valence-corrected chi connectivity index (χ0v) is 10.9. The molecule has 1 aromatic rings. The molecule has 0 amide bonds. The van der Waals surface area contributed by atoms with Gasteiger partial charge < -0.3 is 4.90 Å². The quantitative estimate of drug-likeness (QED) is 0.776. The fourth-order valence-corrected chi connectivity index (χ4v) is 2.79. The molecule has 0 aromatic carbocycles. The molecule has 82 valence electrons. The predicted molar refractivity (Wildman–Crippen MR) is 67.1 cm³/mol. The summed E-state index contributed by atoms with van der Waals surface area (Å²) in [6, 6.07) is 4.62. The van der Waals surface area contributed by atoms with E-state index in [0.717, 1.165) is 22.8 Å². The van der Waals surface area contributed by atoms with Gasteiger partial charge in [0, 0.05) is 18.8 Å². The van der Waals surface area contributed by atoms with Crippen LogP contribution in [0.3, 0.4) is 0 Å². The van der Waals surface area contributed by atoms with Crippen LogP contribution in [0, 0.1) is 5.92 Å². The lowest BCUT2D eigenvalue weighted by molar-refractivity contribution is 0.375. The molecule has 2 nitrogen and oxygen atoms in total. The normalized spacial score (nSPS) is 26.7. The smallest absolute Gasteiger partial charge is 0.143 e. The van der Waals surface area contributed by atoms with E-state index < -0.39 is 0 Å². The molecule has 1 fully saturated rings. The second-order valence-corrected chi connectivity index (χ2v) is 5.34. The van der Waals surface area contributed by atoms with Gasteiger partial charge in [0.25, 0.3) is 0 Å². The lowest BCUT2D eigenvalue weighted by Crippen LogP contribution is -2.40. The summed E-state index contributed by atoms with van der Waals surface area (Å²) in [5.74, 6) is 1.94. The van der Waals surface area contributed by atoms with Crippen LogP contribution in [0.5, 0.6) is 0 Å². The van der Waals surface area contributed by atoms with Gasteiger partial charge in [-0.05, 0) is 53.7 Å². The minimum atomic E-state index is 0.597. The largest absolute Gasteiger partial charge is 0.353 e. The van der Waals surface area contributed by atoms with Crippen molar-refractivity contribution in [1.29, 1.82) is 0 Å². The van der Waals surface area contributed by atoms with E-state index in [1.54, 1.807) is 0 Å². The Morgan fingerprint density at radius 2 is 2.27 bits per heavy atom. The molecule has 0 bridgehead atoms. The Hall–Kier alpha value is -0.570. The van der Waals surface area contributed by atoms with E-state index in [2.05, 4.69) is 45.7 Å². The number of piperidine rings is 1. The highest BCUT2D eigenvalue weighted by Crippen LogP contribution is 2.30. The first kappa shape index (κ1) is 10.9. The molecule has 0 aliphatic carbocycles. The van der Waals surface area contributed by atoms with Gasteiger partial charge in [0.2, 0.25) is 0 Å². The molecule has 1 saturated heterocycles. The number of hydrogen-bond acceptors (Lipinski definition) is 2. The van der Waals surface area contributed by atoms with Crippen LogP contribution >= 0.6 is 15.9 Å². The van der Waals surface area contributed by atoms with E-state index >= 15 is 0 Å². The first-order valence-corrected chi connectivity index (χ1v) is 6.35. The minimum absolute atomic E-state index is 0.597. The lowest BCUT2D eigenvalue weighted by Gasteiger charge is -2.37. The van der Waals surface area contributed by atoms with Crippen molar-refractivity contribution in [1.82, 2.24) is 4.98 Å². The molecule has 1 aliphatic heterocycles. The van der Waals surface area contributed by atoms with Gasteiger partial charge in [-0.1, -0.05) is 6.92 Å². The Kier molecular flexibility index (Phi) is 3.29. The molecule has 3 heteroatoms. The summed E-state index contributed by atoms with van der Waals surface area (Å²) in [5, 5.41) is 0. The Balaban J connectivity index is 2.20. The van der Waals surface area contributed by atoms with E-state index in [1.165, 1.54) is 12.8 Å². The first-order chi connectivity index (χ1) is 7.18. The van der Waals surface area contributed by atoms with E-state index in [1.807, 2.05) is 12.3 Å². The van der Waals surface area contributed by atoms with Crippen LogP contribution in [0.15, 0.2) is 22.8 Å². The summed E-state index contributed by atoms with van der Waals surface area (Å²) in [7, 11) is 0. The van der Waals surface area contributed by atoms with E-state index in [-0.39, 0.29) is 0 Å². The molecule has 2 heterocycles. The Bertz CT molecular complexity index is 340. The molecular weight excluding hydrogens is 252 g/mol. The number of aromatic nitrogens is 1. The molecule has 0 N–H and O–H groups in total. The molecule has 15 heavy (non-hydrogen) atoms. The maximum Gasteiger partial charge on any atom is 0.143 e. The zero-order chi connectivity index (χ0) is 10.8. The standard InChI is InChI=1S/C12H17BrN2/c1-9-5-7-15(10(2)8-9)12-11(13)4-3-6-14-12/h3-4,6,9-10H,5,7-8H2,1-2H3. The van der Waals surface area contributed by atoms with Gasteiger partial charge in [-0.25, -0.2) is 4.98 Å². The van der Waals surface area contributed by atoms with Crippen molar-refractivity contribution < 1.29 is 0 Å². The maximum absolute atomic E-state index is 4.46. The Morgan fingerprint density at radius 3 is 2.93 bits per heavy atom. The second kappa shape index (κ2) is 4.52. The Morgan fingerprint density at radius 1 is 1.47 bits per heavy atom. The molecule has 0 saturated carbocycles. The van der Waals surface area contributed by atoms with Gasteiger partial charge in [0.15, 0.2) is 0 Å². The van der Waals surface area contributed by atoms with E-state index in [4.69, 9.17) is 0 Å². The van der Waals surface area contributed by atoms with Crippen molar-refractivity contribution >= 4 is 21.7 Å². The van der Waals surface area contributed by atoms with Crippen molar-refractivity contribution in [2.75, 3.05) is 11.4 Å². The molecule has 0 radical (unpaired) electrons. The molecule has 2 rings (SSSR count). The highest BCUT2D eigenvalue weighted by molar-refractivity contribution is 9.10. The summed E-state index contributed by atoms with van der Waals surface area (Å²) < 4.78 is 1.10. The van der Waals surface area contributed by atoms with Crippen LogP contribution in [0.2, 0.25) is 0 Å².